The molecule has 0 bridgehead atoms. The zero-order chi connectivity index (χ0) is 11.4. The summed E-state index contributed by atoms with van der Waals surface area (Å²) >= 11 is 1.60. The highest BCUT2D eigenvalue weighted by Crippen LogP contribution is 2.18. The fourth-order valence-electron chi connectivity index (χ4n) is 1.69. The summed E-state index contributed by atoms with van der Waals surface area (Å²) in [7, 11) is 0. The number of morpholine rings is 1. The van der Waals surface area contributed by atoms with E-state index in [4.69, 9.17) is 4.74 Å². The first-order valence-electron chi connectivity index (χ1n) is 5.58. The second-order valence-electron chi connectivity index (χ2n) is 3.66. The standard InChI is InChI=1S/C11H17N3OS/c1-3-9-8-10(13-11(12-9)16-2)14-4-6-15-7-5-14/h8H,3-7H2,1-2H3. The molecule has 0 aliphatic carbocycles. The number of aryl methyl sites for hydroxylation is 1. The Morgan fingerprint density at radius 1 is 1.38 bits per heavy atom. The van der Waals surface area contributed by atoms with Crippen molar-refractivity contribution in [2.24, 2.45) is 0 Å². The lowest BCUT2D eigenvalue weighted by molar-refractivity contribution is 0.122. The Morgan fingerprint density at radius 3 is 2.75 bits per heavy atom. The summed E-state index contributed by atoms with van der Waals surface area (Å²) in [6.45, 7) is 5.55. The highest BCUT2D eigenvalue weighted by atomic mass is 32.2. The lowest BCUT2D eigenvalue weighted by atomic mass is 10.3. The number of hydrogen-bond donors (Lipinski definition) is 0. The highest BCUT2D eigenvalue weighted by Gasteiger charge is 2.14. The van der Waals surface area contributed by atoms with Gasteiger partial charge < -0.3 is 9.64 Å². The van der Waals surface area contributed by atoms with E-state index < -0.39 is 0 Å². The van der Waals surface area contributed by atoms with Gasteiger partial charge in [-0.2, -0.15) is 0 Å². The minimum atomic E-state index is 0.792. The smallest absolute Gasteiger partial charge is 0.189 e. The molecule has 4 nitrogen and oxygen atoms in total. The van der Waals surface area contributed by atoms with Crippen LogP contribution in [0, 0.1) is 0 Å². The first kappa shape index (κ1) is 11.7. The van der Waals surface area contributed by atoms with E-state index in [1.807, 2.05) is 6.26 Å². The lowest BCUT2D eigenvalue weighted by Crippen LogP contribution is -2.36. The van der Waals surface area contributed by atoms with E-state index in [-0.39, 0.29) is 0 Å². The molecular weight excluding hydrogens is 222 g/mol. The Bertz CT molecular complexity index is 331. The summed E-state index contributed by atoms with van der Waals surface area (Å²) in [5.74, 6) is 1.04. The molecule has 1 aliphatic heterocycles. The van der Waals surface area contributed by atoms with Gasteiger partial charge in [0.05, 0.1) is 13.2 Å². The largest absolute Gasteiger partial charge is 0.378 e. The van der Waals surface area contributed by atoms with Crippen molar-refractivity contribution in [1.82, 2.24) is 9.97 Å². The maximum Gasteiger partial charge on any atom is 0.189 e. The van der Waals surface area contributed by atoms with Gasteiger partial charge in [0, 0.05) is 24.8 Å². The fraction of sp³-hybridized carbons (Fsp3) is 0.636. The SMILES string of the molecule is CCc1cc(N2CCOCC2)nc(SC)n1. The third kappa shape index (κ3) is 2.65. The molecule has 1 aromatic rings. The van der Waals surface area contributed by atoms with Crippen LogP contribution in [-0.4, -0.2) is 42.5 Å². The molecule has 0 spiro atoms. The summed E-state index contributed by atoms with van der Waals surface area (Å²) in [5.41, 5.74) is 1.11. The molecule has 88 valence electrons. The average molecular weight is 239 g/mol. The van der Waals surface area contributed by atoms with Crippen molar-refractivity contribution in [3.8, 4) is 0 Å². The molecular formula is C11H17N3OS. The minimum Gasteiger partial charge on any atom is -0.378 e. The molecule has 1 aliphatic rings. The number of aromatic nitrogens is 2. The van der Waals surface area contributed by atoms with Crippen LogP contribution < -0.4 is 4.90 Å². The second-order valence-corrected chi connectivity index (χ2v) is 4.43. The summed E-state index contributed by atoms with van der Waals surface area (Å²) in [4.78, 5) is 11.3. The number of anilines is 1. The summed E-state index contributed by atoms with van der Waals surface area (Å²) < 4.78 is 5.34. The zero-order valence-electron chi connectivity index (χ0n) is 9.77. The number of ether oxygens (including phenoxy) is 1. The van der Waals surface area contributed by atoms with Crippen molar-refractivity contribution < 1.29 is 4.74 Å². The molecule has 0 unspecified atom stereocenters. The van der Waals surface area contributed by atoms with Crippen LogP contribution in [0.15, 0.2) is 11.2 Å². The maximum absolute atomic E-state index is 5.34. The van der Waals surface area contributed by atoms with E-state index >= 15 is 0 Å². The number of rotatable bonds is 3. The topological polar surface area (TPSA) is 38.2 Å². The van der Waals surface area contributed by atoms with Crippen molar-refractivity contribution in [3.63, 3.8) is 0 Å². The molecule has 2 rings (SSSR count). The van der Waals surface area contributed by atoms with Crippen LogP contribution in [0.3, 0.4) is 0 Å². The van der Waals surface area contributed by atoms with Crippen LogP contribution in [0.2, 0.25) is 0 Å². The third-order valence-corrected chi connectivity index (χ3v) is 3.17. The van der Waals surface area contributed by atoms with Gasteiger partial charge in [-0.05, 0) is 12.7 Å². The Kier molecular flexibility index (Phi) is 4.01. The molecule has 16 heavy (non-hydrogen) atoms. The van der Waals surface area contributed by atoms with Crippen LogP contribution in [0.5, 0.6) is 0 Å². The summed E-state index contributed by atoms with van der Waals surface area (Å²) in [5, 5.41) is 0.862. The molecule has 1 aromatic heterocycles. The average Bonchev–Trinajstić information content (AvgIpc) is 2.39. The van der Waals surface area contributed by atoms with Crippen LogP contribution in [-0.2, 0) is 11.2 Å². The van der Waals surface area contributed by atoms with Gasteiger partial charge in [0.1, 0.15) is 5.82 Å². The maximum atomic E-state index is 5.34. The van der Waals surface area contributed by atoms with Crippen LogP contribution in [0.1, 0.15) is 12.6 Å². The van der Waals surface area contributed by atoms with E-state index in [2.05, 4.69) is 27.9 Å². The van der Waals surface area contributed by atoms with E-state index in [0.29, 0.717) is 0 Å². The first-order valence-corrected chi connectivity index (χ1v) is 6.80. The molecule has 0 amide bonds. The van der Waals surface area contributed by atoms with E-state index in [1.54, 1.807) is 11.8 Å². The van der Waals surface area contributed by atoms with Crippen molar-refractivity contribution in [1.29, 1.82) is 0 Å². The number of nitrogens with zero attached hydrogens (tertiary/aromatic N) is 3. The molecule has 2 heterocycles. The molecule has 0 atom stereocenters. The molecule has 5 heteroatoms. The van der Waals surface area contributed by atoms with Crippen molar-refractivity contribution in [3.05, 3.63) is 11.8 Å². The quantitative estimate of drug-likeness (QED) is 0.591. The highest BCUT2D eigenvalue weighted by molar-refractivity contribution is 7.98. The molecule has 0 aromatic carbocycles. The van der Waals surface area contributed by atoms with Crippen LogP contribution >= 0.6 is 11.8 Å². The fourth-order valence-corrected chi connectivity index (χ4v) is 2.08. The van der Waals surface area contributed by atoms with Crippen LogP contribution in [0.4, 0.5) is 5.82 Å². The Labute approximate surface area is 100 Å². The van der Waals surface area contributed by atoms with E-state index in [1.165, 1.54) is 0 Å². The van der Waals surface area contributed by atoms with Crippen LogP contribution in [0.25, 0.3) is 0 Å². The predicted molar refractivity (Wildman–Crippen MR) is 66.2 cm³/mol. The molecule has 0 N–H and O–H groups in total. The van der Waals surface area contributed by atoms with Gasteiger partial charge in [-0.25, -0.2) is 9.97 Å². The lowest BCUT2D eigenvalue weighted by Gasteiger charge is -2.28. The van der Waals surface area contributed by atoms with Crippen molar-refractivity contribution in [2.45, 2.75) is 18.5 Å². The molecule has 1 fully saturated rings. The van der Waals surface area contributed by atoms with E-state index in [0.717, 1.165) is 49.4 Å². The van der Waals surface area contributed by atoms with Gasteiger partial charge in [-0.15, -0.1) is 0 Å². The third-order valence-electron chi connectivity index (χ3n) is 2.63. The zero-order valence-corrected chi connectivity index (χ0v) is 10.6. The van der Waals surface area contributed by atoms with Gasteiger partial charge in [0.25, 0.3) is 0 Å². The predicted octanol–water partition coefficient (Wildman–Crippen LogP) is 1.60. The van der Waals surface area contributed by atoms with E-state index in [9.17, 15) is 0 Å². The first-order chi connectivity index (χ1) is 7.83. The summed E-state index contributed by atoms with van der Waals surface area (Å²) in [6.07, 6.45) is 2.96. The normalized spacial score (nSPS) is 16.5. The molecule has 0 saturated carbocycles. The van der Waals surface area contributed by atoms with Gasteiger partial charge in [-0.1, -0.05) is 18.7 Å². The second kappa shape index (κ2) is 5.50. The Morgan fingerprint density at radius 2 is 2.12 bits per heavy atom. The number of thioether (sulfide) groups is 1. The van der Waals surface area contributed by atoms with Gasteiger partial charge in [-0.3, -0.25) is 0 Å². The van der Waals surface area contributed by atoms with Gasteiger partial charge >= 0.3 is 0 Å². The minimum absolute atomic E-state index is 0.792. The molecule has 0 radical (unpaired) electrons. The Hall–Kier alpha value is -0.810. The van der Waals surface area contributed by atoms with Crippen molar-refractivity contribution >= 4 is 17.6 Å². The number of hydrogen-bond acceptors (Lipinski definition) is 5. The molecule has 1 saturated heterocycles. The Balaban J connectivity index is 2.24. The monoisotopic (exact) mass is 239 g/mol. The van der Waals surface area contributed by atoms with Gasteiger partial charge in [0.15, 0.2) is 5.16 Å². The van der Waals surface area contributed by atoms with Gasteiger partial charge in [0.2, 0.25) is 0 Å². The summed E-state index contributed by atoms with van der Waals surface area (Å²) in [6, 6.07) is 2.09. The van der Waals surface area contributed by atoms with Crippen molar-refractivity contribution in [2.75, 3.05) is 37.5 Å².